The van der Waals surface area contributed by atoms with Gasteiger partial charge in [-0.05, 0) is 24.6 Å². The predicted molar refractivity (Wildman–Crippen MR) is 71.9 cm³/mol. The van der Waals surface area contributed by atoms with Gasteiger partial charge in [-0.3, -0.25) is 4.79 Å². The van der Waals surface area contributed by atoms with E-state index < -0.39 is 5.60 Å². The highest BCUT2D eigenvalue weighted by molar-refractivity contribution is 5.95. The van der Waals surface area contributed by atoms with E-state index in [4.69, 9.17) is 0 Å². The summed E-state index contributed by atoms with van der Waals surface area (Å²) in [6.45, 7) is 2.82. The van der Waals surface area contributed by atoms with E-state index in [1.54, 1.807) is 4.90 Å². The molecule has 1 heterocycles. The van der Waals surface area contributed by atoms with E-state index in [-0.39, 0.29) is 5.91 Å². The zero-order chi connectivity index (χ0) is 13.3. The van der Waals surface area contributed by atoms with E-state index >= 15 is 0 Å². The van der Waals surface area contributed by atoms with Crippen molar-refractivity contribution in [3.8, 4) is 0 Å². The highest BCUT2D eigenvalue weighted by atomic mass is 16.3. The Labute approximate surface area is 108 Å². The lowest BCUT2D eigenvalue weighted by molar-refractivity contribution is -0.0826. The summed E-state index contributed by atoms with van der Waals surface area (Å²) in [5, 5.41) is 9.93. The van der Waals surface area contributed by atoms with Crippen LogP contribution in [0.15, 0.2) is 24.3 Å². The molecule has 1 fully saturated rings. The van der Waals surface area contributed by atoms with Gasteiger partial charge in [0.25, 0.3) is 5.91 Å². The maximum Gasteiger partial charge on any atom is 0.254 e. The van der Waals surface area contributed by atoms with Crippen molar-refractivity contribution in [2.45, 2.75) is 18.9 Å². The summed E-state index contributed by atoms with van der Waals surface area (Å²) in [7, 11) is 3.89. The zero-order valence-corrected chi connectivity index (χ0v) is 11.2. The molecule has 4 nitrogen and oxygen atoms in total. The Kier molecular flexibility index (Phi) is 3.30. The number of likely N-dealkylation sites (tertiary alicyclic amines) is 1. The Morgan fingerprint density at radius 1 is 1.44 bits per heavy atom. The second-order valence-electron chi connectivity index (χ2n) is 5.18. The number of nitrogens with zero attached hydrogens (tertiary/aromatic N) is 2. The van der Waals surface area contributed by atoms with Crippen molar-refractivity contribution in [3.05, 3.63) is 29.8 Å². The van der Waals surface area contributed by atoms with Gasteiger partial charge in [-0.1, -0.05) is 13.0 Å². The van der Waals surface area contributed by atoms with Gasteiger partial charge in [0.05, 0.1) is 18.7 Å². The smallest absolute Gasteiger partial charge is 0.254 e. The molecular formula is C14H20N2O2. The molecule has 18 heavy (non-hydrogen) atoms. The molecule has 1 N–H and O–H groups in total. The van der Waals surface area contributed by atoms with Crippen molar-refractivity contribution in [1.29, 1.82) is 0 Å². The molecule has 0 atom stereocenters. The van der Waals surface area contributed by atoms with E-state index in [1.165, 1.54) is 0 Å². The van der Waals surface area contributed by atoms with Gasteiger partial charge in [-0.2, -0.15) is 0 Å². The number of amides is 1. The molecule has 0 spiro atoms. The summed E-state index contributed by atoms with van der Waals surface area (Å²) < 4.78 is 0. The second kappa shape index (κ2) is 4.61. The molecule has 0 aromatic heterocycles. The van der Waals surface area contributed by atoms with Crippen LogP contribution >= 0.6 is 0 Å². The van der Waals surface area contributed by atoms with E-state index in [9.17, 15) is 9.90 Å². The minimum atomic E-state index is -0.672. The van der Waals surface area contributed by atoms with Crippen LogP contribution in [0.5, 0.6) is 0 Å². The molecule has 98 valence electrons. The Hall–Kier alpha value is -1.55. The van der Waals surface area contributed by atoms with Crippen LogP contribution in [0.25, 0.3) is 0 Å². The summed E-state index contributed by atoms with van der Waals surface area (Å²) in [6.07, 6.45) is 0.689. The third-order valence-electron chi connectivity index (χ3n) is 3.53. The normalized spacial score (nSPS) is 17.2. The number of hydrogen-bond acceptors (Lipinski definition) is 3. The van der Waals surface area contributed by atoms with Crippen LogP contribution < -0.4 is 4.90 Å². The Morgan fingerprint density at radius 2 is 2.11 bits per heavy atom. The van der Waals surface area contributed by atoms with E-state index in [0.29, 0.717) is 25.1 Å². The molecule has 1 aliphatic heterocycles. The SMILES string of the molecule is CCC1(O)CN(C(=O)c2cccc(N(C)C)c2)C1. The minimum absolute atomic E-state index is 0.00294. The first kappa shape index (κ1) is 12.9. The number of carbonyl (C=O) groups is 1. The molecule has 1 aromatic rings. The van der Waals surface area contributed by atoms with Gasteiger partial charge < -0.3 is 14.9 Å². The maximum atomic E-state index is 12.2. The van der Waals surface area contributed by atoms with Crippen molar-refractivity contribution in [2.24, 2.45) is 0 Å². The zero-order valence-electron chi connectivity index (χ0n) is 11.2. The Balaban J connectivity index is 2.09. The Bertz CT molecular complexity index is 451. The standard InChI is InChI=1S/C14H20N2O2/c1-4-14(18)9-16(10-14)13(17)11-6-5-7-12(8-11)15(2)3/h5-8,18H,4,9-10H2,1-3H3. The molecule has 1 aromatic carbocycles. The fourth-order valence-corrected chi connectivity index (χ4v) is 2.13. The second-order valence-corrected chi connectivity index (χ2v) is 5.18. The molecule has 0 radical (unpaired) electrons. The molecule has 1 aliphatic rings. The average Bonchev–Trinajstić information content (AvgIpc) is 2.34. The van der Waals surface area contributed by atoms with E-state index in [2.05, 4.69) is 0 Å². The molecule has 1 saturated heterocycles. The summed E-state index contributed by atoms with van der Waals surface area (Å²) >= 11 is 0. The number of anilines is 1. The van der Waals surface area contributed by atoms with Gasteiger partial charge in [0.15, 0.2) is 0 Å². The fraction of sp³-hybridized carbons (Fsp3) is 0.500. The molecular weight excluding hydrogens is 228 g/mol. The lowest BCUT2D eigenvalue weighted by Gasteiger charge is -2.46. The molecule has 1 amide bonds. The van der Waals surface area contributed by atoms with Crippen molar-refractivity contribution in [2.75, 3.05) is 32.1 Å². The third kappa shape index (κ3) is 2.34. The quantitative estimate of drug-likeness (QED) is 0.878. The fourth-order valence-electron chi connectivity index (χ4n) is 2.13. The lowest BCUT2D eigenvalue weighted by atomic mass is 9.90. The van der Waals surface area contributed by atoms with Gasteiger partial charge in [0.2, 0.25) is 0 Å². The molecule has 0 aliphatic carbocycles. The van der Waals surface area contributed by atoms with Crippen molar-refractivity contribution in [1.82, 2.24) is 4.90 Å². The highest BCUT2D eigenvalue weighted by Gasteiger charge is 2.42. The van der Waals surface area contributed by atoms with Crippen LogP contribution in [0.4, 0.5) is 5.69 Å². The van der Waals surface area contributed by atoms with Crippen LogP contribution in [-0.4, -0.2) is 48.7 Å². The van der Waals surface area contributed by atoms with Gasteiger partial charge in [-0.25, -0.2) is 0 Å². The summed E-state index contributed by atoms with van der Waals surface area (Å²) in [4.78, 5) is 15.9. The van der Waals surface area contributed by atoms with Crippen LogP contribution in [0.2, 0.25) is 0 Å². The van der Waals surface area contributed by atoms with Crippen LogP contribution in [0.1, 0.15) is 23.7 Å². The monoisotopic (exact) mass is 248 g/mol. The molecule has 0 bridgehead atoms. The van der Waals surface area contributed by atoms with E-state index in [0.717, 1.165) is 5.69 Å². The van der Waals surface area contributed by atoms with Crippen LogP contribution in [-0.2, 0) is 0 Å². The first-order chi connectivity index (χ1) is 8.45. The maximum absolute atomic E-state index is 12.2. The number of hydrogen-bond donors (Lipinski definition) is 1. The number of aliphatic hydroxyl groups is 1. The minimum Gasteiger partial charge on any atom is -0.386 e. The Morgan fingerprint density at radius 3 is 2.67 bits per heavy atom. The molecule has 2 rings (SSSR count). The number of β-amino-alcohol motifs (C(OH)–C–C–N with tert-alkyl or cyclic N) is 1. The third-order valence-corrected chi connectivity index (χ3v) is 3.53. The van der Waals surface area contributed by atoms with Crippen molar-refractivity contribution >= 4 is 11.6 Å². The van der Waals surface area contributed by atoms with E-state index in [1.807, 2.05) is 50.2 Å². The topological polar surface area (TPSA) is 43.8 Å². The van der Waals surface area contributed by atoms with Gasteiger partial charge in [0, 0.05) is 25.3 Å². The summed E-state index contributed by atoms with van der Waals surface area (Å²) in [6, 6.07) is 7.55. The molecule has 0 saturated carbocycles. The summed E-state index contributed by atoms with van der Waals surface area (Å²) in [5.41, 5.74) is 1.01. The predicted octanol–water partition coefficient (Wildman–Crippen LogP) is 1.35. The highest BCUT2D eigenvalue weighted by Crippen LogP contribution is 2.26. The molecule has 0 unspecified atom stereocenters. The average molecular weight is 248 g/mol. The first-order valence-electron chi connectivity index (χ1n) is 6.24. The number of rotatable bonds is 3. The molecule has 4 heteroatoms. The van der Waals surface area contributed by atoms with Crippen LogP contribution in [0, 0.1) is 0 Å². The van der Waals surface area contributed by atoms with Gasteiger partial charge >= 0.3 is 0 Å². The number of benzene rings is 1. The van der Waals surface area contributed by atoms with Crippen LogP contribution in [0.3, 0.4) is 0 Å². The lowest BCUT2D eigenvalue weighted by Crippen LogP contribution is -2.63. The van der Waals surface area contributed by atoms with Gasteiger partial charge in [0.1, 0.15) is 0 Å². The summed E-state index contributed by atoms with van der Waals surface area (Å²) in [5.74, 6) is -0.00294. The number of carbonyl (C=O) groups excluding carboxylic acids is 1. The first-order valence-corrected chi connectivity index (χ1v) is 6.24. The van der Waals surface area contributed by atoms with Crippen molar-refractivity contribution in [3.63, 3.8) is 0 Å². The van der Waals surface area contributed by atoms with Gasteiger partial charge in [-0.15, -0.1) is 0 Å². The van der Waals surface area contributed by atoms with Crippen molar-refractivity contribution < 1.29 is 9.90 Å². The largest absolute Gasteiger partial charge is 0.386 e.